The molecule has 150 valence electrons. The smallest absolute Gasteiger partial charge is 0.253 e. The number of aryl methyl sites for hydroxylation is 1. The van der Waals surface area contributed by atoms with Crippen LogP contribution >= 0.6 is 0 Å². The Kier molecular flexibility index (Phi) is 6.08. The number of carbonyl (C=O) groups excluding carboxylic acids is 1. The number of carbonyl (C=O) groups is 1. The number of rotatable bonds is 5. The van der Waals surface area contributed by atoms with Crippen LogP contribution in [-0.4, -0.2) is 38.6 Å². The third kappa shape index (κ3) is 4.73. The maximum Gasteiger partial charge on any atom is 0.253 e. The molecule has 1 amide bonds. The molecule has 1 aliphatic rings. The summed E-state index contributed by atoms with van der Waals surface area (Å²) < 4.78 is 26.2. The summed E-state index contributed by atoms with van der Waals surface area (Å²) in [6.45, 7) is 5.97. The van der Waals surface area contributed by atoms with Crippen molar-refractivity contribution < 1.29 is 13.2 Å². The molecule has 1 fully saturated rings. The van der Waals surface area contributed by atoms with Gasteiger partial charge in [0.25, 0.3) is 5.91 Å². The molecular weight excluding hydrogens is 372 g/mol. The van der Waals surface area contributed by atoms with Gasteiger partial charge < -0.3 is 4.90 Å². The van der Waals surface area contributed by atoms with Gasteiger partial charge in [0.1, 0.15) is 0 Å². The van der Waals surface area contributed by atoms with E-state index in [4.69, 9.17) is 0 Å². The van der Waals surface area contributed by atoms with Crippen molar-refractivity contribution >= 4 is 21.6 Å². The minimum Gasteiger partial charge on any atom is -0.338 e. The van der Waals surface area contributed by atoms with Gasteiger partial charge in [0.05, 0.1) is 18.5 Å². The van der Waals surface area contributed by atoms with Gasteiger partial charge in [0.2, 0.25) is 10.0 Å². The quantitative estimate of drug-likeness (QED) is 0.766. The van der Waals surface area contributed by atoms with Crippen LogP contribution in [0.25, 0.3) is 0 Å². The summed E-state index contributed by atoms with van der Waals surface area (Å²) >= 11 is 0. The Labute approximate surface area is 168 Å². The van der Waals surface area contributed by atoms with Crippen LogP contribution in [0.15, 0.2) is 48.5 Å². The lowest BCUT2D eigenvalue weighted by Gasteiger charge is -2.31. The molecule has 28 heavy (non-hydrogen) atoms. The molecule has 2 aromatic carbocycles. The number of anilines is 1. The van der Waals surface area contributed by atoms with Gasteiger partial charge in [0.15, 0.2) is 0 Å². The van der Waals surface area contributed by atoms with E-state index in [1.54, 1.807) is 24.3 Å². The lowest BCUT2D eigenvalue weighted by Crippen LogP contribution is -2.39. The van der Waals surface area contributed by atoms with Crippen molar-refractivity contribution in [2.75, 3.05) is 23.7 Å². The molecule has 1 unspecified atom stereocenters. The molecule has 0 N–H and O–H groups in total. The molecule has 1 saturated heterocycles. The Hall–Kier alpha value is -2.34. The zero-order valence-corrected chi connectivity index (χ0v) is 17.6. The Bertz CT molecular complexity index is 939. The lowest BCUT2D eigenvalue weighted by atomic mass is 9.99. The Morgan fingerprint density at radius 1 is 1.14 bits per heavy atom. The number of hydrogen-bond donors (Lipinski definition) is 0. The molecule has 0 bridgehead atoms. The molecule has 0 saturated carbocycles. The lowest BCUT2D eigenvalue weighted by molar-refractivity contribution is 0.0683. The highest BCUT2D eigenvalue weighted by Crippen LogP contribution is 2.24. The van der Waals surface area contributed by atoms with Crippen molar-refractivity contribution in [1.29, 1.82) is 0 Å². The van der Waals surface area contributed by atoms with Gasteiger partial charge in [-0.2, -0.15) is 0 Å². The fourth-order valence-electron chi connectivity index (χ4n) is 3.67. The number of sulfonamides is 1. The summed E-state index contributed by atoms with van der Waals surface area (Å²) in [4.78, 5) is 14.6. The van der Waals surface area contributed by atoms with Crippen LogP contribution in [0.1, 0.15) is 41.3 Å². The highest BCUT2D eigenvalue weighted by molar-refractivity contribution is 7.92. The van der Waals surface area contributed by atoms with E-state index in [0.29, 0.717) is 17.2 Å². The number of benzene rings is 2. The summed E-state index contributed by atoms with van der Waals surface area (Å²) in [6.07, 6.45) is 3.40. The topological polar surface area (TPSA) is 57.7 Å². The second kappa shape index (κ2) is 8.35. The van der Waals surface area contributed by atoms with Crippen molar-refractivity contribution in [3.05, 3.63) is 65.2 Å². The number of piperidine rings is 1. The van der Waals surface area contributed by atoms with E-state index < -0.39 is 10.0 Å². The maximum atomic E-state index is 12.8. The van der Waals surface area contributed by atoms with Gasteiger partial charge >= 0.3 is 0 Å². The summed E-state index contributed by atoms with van der Waals surface area (Å²) in [6, 6.07) is 14.6. The van der Waals surface area contributed by atoms with E-state index in [1.807, 2.05) is 36.1 Å². The van der Waals surface area contributed by atoms with Crippen LogP contribution in [0, 0.1) is 12.8 Å². The number of amides is 1. The first kappa shape index (κ1) is 20.4. The zero-order valence-electron chi connectivity index (χ0n) is 16.8. The summed E-state index contributed by atoms with van der Waals surface area (Å²) in [7, 11) is -3.46. The predicted molar refractivity (Wildman–Crippen MR) is 113 cm³/mol. The van der Waals surface area contributed by atoms with E-state index >= 15 is 0 Å². The maximum absolute atomic E-state index is 12.8. The minimum absolute atomic E-state index is 0.0166. The molecule has 3 rings (SSSR count). The fourth-order valence-corrected chi connectivity index (χ4v) is 4.55. The largest absolute Gasteiger partial charge is 0.338 e. The first-order chi connectivity index (χ1) is 13.3. The molecule has 1 atom stereocenters. The van der Waals surface area contributed by atoms with E-state index in [2.05, 4.69) is 6.92 Å². The number of nitrogens with zero attached hydrogens (tertiary/aromatic N) is 2. The van der Waals surface area contributed by atoms with Crippen molar-refractivity contribution in [2.24, 2.45) is 5.92 Å². The number of hydrogen-bond acceptors (Lipinski definition) is 3. The highest BCUT2D eigenvalue weighted by Gasteiger charge is 2.23. The number of likely N-dealkylation sites (tertiary alicyclic amines) is 1. The molecule has 0 radical (unpaired) electrons. The van der Waals surface area contributed by atoms with Crippen LogP contribution in [0.3, 0.4) is 0 Å². The van der Waals surface area contributed by atoms with E-state index in [-0.39, 0.29) is 12.5 Å². The van der Waals surface area contributed by atoms with Crippen LogP contribution in [0.2, 0.25) is 0 Å². The Morgan fingerprint density at radius 3 is 2.43 bits per heavy atom. The summed E-state index contributed by atoms with van der Waals surface area (Å²) in [5.41, 5.74) is 3.16. The minimum atomic E-state index is -3.46. The molecule has 0 aliphatic carbocycles. The Morgan fingerprint density at radius 2 is 1.82 bits per heavy atom. The standard InChI is InChI=1S/C22H28N2O3S/c1-17-7-6-14-23(15-17)22(25)19-10-12-21(13-11-19)24(28(3,26)27)16-20-9-5-4-8-18(20)2/h4-5,8-13,17H,6-7,14-16H2,1-3H3. The van der Waals surface area contributed by atoms with Gasteiger partial charge in [-0.15, -0.1) is 0 Å². The molecule has 0 aromatic heterocycles. The van der Waals surface area contributed by atoms with Gasteiger partial charge in [-0.3, -0.25) is 9.10 Å². The van der Waals surface area contributed by atoms with Crippen LogP contribution in [0.4, 0.5) is 5.69 Å². The monoisotopic (exact) mass is 400 g/mol. The molecule has 2 aromatic rings. The second-order valence-electron chi connectivity index (χ2n) is 7.74. The summed E-state index contributed by atoms with van der Waals surface area (Å²) in [5, 5.41) is 0. The average Bonchev–Trinajstić information content (AvgIpc) is 2.66. The fraction of sp³-hybridized carbons (Fsp3) is 0.409. The molecule has 1 aliphatic heterocycles. The second-order valence-corrected chi connectivity index (χ2v) is 9.65. The van der Waals surface area contributed by atoms with Crippen LogP contribution < -0.4 is 4.31 Å². The van der Waals surface area contributed by atoms with Gasteiger partial charge in [-0.05, 0) is 61.1 Å². The molecule has 6 heteroatoms. The van der Waals surface area contributed by atoms with Gasteiger partial charge in [0, 0.05) is 18.7 Å². The molecule has 1 heterocycles. The van der Waals surface area contributed by atoms with Crippen LogP contribution in [-0.2, 0) is 16.6 Å². The van der Waals surface area contributed by atoms with Crippen molar-refractivity contribution in [1.82, 2.24) is 4.90 Å². The zero-order chi connectivity index (χ0) is 20.3. The predicted octanol–water partition coefficient (Wildman–Crippen LogP) is 3.83. The van der Waals surface area contributed by atoms with Crippen molar-refractivity contribution in [3.63, 3.8) is 0 Å². The van der Waals surface area contributed by atoms with Crippen LogP contribution in [0.5, 0.6) is 0 Å². The normalized spacial score (nSPS) is 17.4. The van der Waals surface area contributed by atoms with E-state index in [1.165, 1.54) is 10.6 Å². The highest BCUT2D eigenvalue weighted by atomic mass is 32.2. The summed E-state index contributed by atoms with van der Waals surface area (Å²) in [5.74, 6) is 0.537. The third-order valence-corrected chi connectivity index (χ3v) is 6.46. The molecule has 0 spiro atoms. The van der Waals surface area contributed by atoms with Crippen molar-refractivity contribution in [3.8, 4) is 0 Å². The Balaban J connectivity index is 1.82. The molecular formula is C22H28N2O3S. The first-order valence-electron chi connectivity index (χ1n) is 9.67. The van der Waals surface area contributed by atoms with E-state index in [9.17, 15) is 13.2 Å². The average molecular weight is 401 g/mol. The van der Waals surface area contributed by atoms with E-state index in [0.717, 1.165) is 37.1 Å². The SMILES string of the molecule is Cc1ccccc1CN(c1ccc(C(=O)N2CCCC(C)C2)cc1)S(C)(=O)=O. The van der Waals surface area contributed by atoms with Crippen molar-refractivity contribution in [2.45, 2.75) is 33.2 Å². The van der Waals surface area contributed by atoms with Gasteiger partial charge in [-0.1, -0.05) is 31.2 Å². The molecule has 5 nitrogen and oxygen atoms in total. The van der Waals surface area contributed by atoms with Gasteiger partial charge in [-0.25, -0.2) is 8.42 Å². The first-order valence-corrected chi connectivity index (χ1v) is 11.5. The third-order valence-electron chi connectivity index (χ3n) is 5.32.